The summed E-state index contributed by atoms with van der Waals surface area (Å²) in [5.41, 5.74) is 2.46. The first kappa shape index (κ1) is 24.9. The molecule has 35 heavy (non-hydrogen) atoms. The molecule has 1 amide bonds. The Labute approximate surface area is 202 Å². The van der Waals surface area contributed by atoms with E-state index in [2.05, 4.69) is 56.7 Å². The number of fused-ring (bicyclic) bond motifs is 1. The minimum Gasteiger partial charge on any atom is -0.355 e. The third-order valence-electron chi connectivity index (χ3n) is 6.56. The lowest BCUT2D eigenvalue weighted by atomic mass is 9.95. The smallest absolute Gasteiger partial charge is 0.355 e. The van der Waals surface area contributed by atoms with Gasteiger partial charge in [0.15, 0.2) is 5.65 Å². The molecule has 1 fully saturated rings. The number of hydrogen-bond donors (Lipinski definition) is 1. The average molecular weight is 490 g/mol. The van der Waals surface area contributed by atoms with Gasteiger partial charge in [-0.3, -0.25) is 4.79 Å². The summed E-state index contributed by atoms with van der Waals surface area (Å²) in [7, 11) is 3.99. The van der Waals surface area contributed by atoms with Gasteiger partial charge in [-0.25, -0.2) is 0 Å². The van der Waals surface area contributed by atoms with Crippen molar-refractivity contribution in [3.8, 4) is 0 Å². The van der Waals surface area contributed by atoms with Crippen molar-refractivity contribution in [1.29, 1.82) is 0 Å². The van der Waals surface area contributed by atoms with Crippen LogP contribution >= 0.6 is 0 Å². The molecule has 11 heteroatoms. The van der Waals surface area contributed by atoms with Crippen molar-refractivity contribution in [3.63, 3.8) is 0 Å². The van der Waals surface area contributed by atoms with E-state index in [0.717, 1.165) is 16.5 Å². The molecule has 1 N–H and O–H groups in total. The normalized spacial score (nSPS) is 16.1. The molecule has 2 aromatic heterocycles. The highest BCUT2D eigenvalue weighted by Gasteiger charge is 2.38. The van der Waals surface area contributed by atoms with Crippen molar-refractivity contribution >= 4 is 17.4 Å². The largest absolute Gasteiger partial charge is 0.453 e. The third-order valence-corrected chi connectivity index (χ3v) is 6.56. The van der Waals surface area contributed by atoms with Crippen LogP contribution in [0.3, 0.4) is 0 Å². The minimum atomic E-state index is -4.64. The zero-order valence-electron chi connectivity index (χ0n) is 20.1. The topological polar surface area (TPSA) is 78.7 Å². The monoisotopic (exact) mass is 489 g/mol. The number of hydrogen-bond acceptors (Lipinski definition) is 6. The Kier molecular flexibility index (Phi) is 7.25. The van der Waals surface area contributed by atoms with Gasteiger partial charge in [0.25, 0.3) is 5.82 Å². The number of carbonyl (C=O) groups excluding carboxylic acids is 1. The van der Waals surface area contributed by atoms with Crippen molar-refractivity contribution < 1.29 is 18.0 Å². The fourth-order valence-corrected chi connectivity index (χ4v) is 4.41. The van der Waals surface area contributed by atoms with Gasteiger partial charge in [0.1, 0.15) is 5.82 Å². The summed E-state index contributed by atoms with van der Waals surface area (Å²) in [5, 5.41) is 14.0. The molecule has 0 unspecified atom stereocenters. The van der Waals surface area contributed by atoms with Crippen LogP contribution in [0, 0.1) is 5.92 Å². The second-order valence-corrected chi connectivity index (χ2v) is 9.06. The van der Waals surface area contributed by atoms with Crippen LogP contribution in [0.4, 0.5) is 19.0 Å². The lowest BCUT2D eigenvalue weighted by Crippen LogP contribution is -2.43. The molecule has 1 aromatic carbocycles. The standard InChI is InChI=1S/C24H30F3N7O/c1-4-16-5-7-17(8-6-16)19(32(2)3)15-28-22(35)18-11-13-33(14-12-18)21-10-9-20-29-30-23(24(25,26)27)34(20)31-21/h5-10,18-19H,4,11-15H2,1-3H3,(H,28,35)/t19-/m0/s1. The first-order valence-corrected chi connectivity index (χ1v) is 11.7. The van der Waals surface area contributed by atoms with E-state index >= 15 is 0 Å². The van der Waals surface area contributed by atoms with Crippen LogP contribution in [0.1, 0.15) is 42.8 Å². The fourth-order valence-electron chi connectivity index (χ4n) is 4.41. The van der Waals surface area contributed by atoms with E-state index in [4.69, 9.17) is 0 Å². The average Bonchev–Trinajstić information content (AvgIpc) is 3.28. The molecule has 0 saturated carbocycles. The molecule has 1 aliphatic rings. The molecule has 8 nitrogen and oxygen atoms in total. The van der Waals surface area contributed by atoms with E-state index in [-0.39, 0.29) is 23.5 Å². The van der Waals surface area contributed by atoms with Crippen molar-refractivity contribution in [3.05, 3.63) is 53.3 Å². The van der Waals surface area contributed by atoms with E-state index in [1.54, 1.807) is 6.07 Å². The number of rotatable bonds is 7. The van der Waals surface area contributed by atoms with E-state index in [0.29, 0.717) is 38.3 Å². The van der Waals surface area contributed by atoms with Gasteiger partial charge in [0.2, 0.25) is 5.91 Å². The van der Waals surface area contributed by atoms with Gasteiger partial charge in [-0.15, -0.1) is 15.3 Å². The molecule has 1 saturated heterocycles. The number of amides is 1. The molecule has 0 aliphatic carbocycles. The number of aryl methyl sites for hydroxylation is 1. The molecule has 3 aromatic rings. The SMILES string of the molecule is CCc1ccc([C@H](CNC(=O)C2CCN(c3ccc4nnc(C(F)(F)F)n4n3)CC2)N(C)C)cc1. The van der Waals surface area contributed by atoms with Gasteiger partial charge >= 0.3 is 6.18 Å². The van der Waals surface area contributed by atoms with Gasteiger partial charge in [0.05, 0.1) is 6.04 Å². The van der Waals surface area contributed by atoms with Gasteiger partial charge in [-0.05, 0) is 56.6 Å². The van der Waals surface area contributed by atoms with Crippen LogP contribution in [0.2, 0.25) is 0 Å². The van der Waals surface area contributed by atoms with Crippen LogP contribution in [0.15, 0.2) is 36.4 Å². The van der Waals surface area contributed by atoms with Crippen LogP contribution in [-0.2, 0) is 17.4 Å². The van der Waals surface area contributed by atoms with E-state index in [1.165, 1.54) is 11.6 Å². The summed E-state index contributed by atoms with van der Waals surface area (Å²) in [6.07, 6.45) is -2.47. The van der Waals surface area contributed by atoms with E-state index in [9.17, 15) is 18.0 Å². The number of benzene rings is 1. The highest BCUT2D eigenvalue weighted by Crippen LogP contribution is 2.29. The number of anilines is 1. The van der Waals surface area contributed by atoms with Gasteiger partial charge in [-0.1, -0.05) is 31.2 Å². The predicted octanol–water partition coefficient (Wildman–Crippen LogP) is 3.34. The van der Waals surface area contributed by atoms with Gasteiger partial charge < -0.3 is 15.1 Å². The molecular weight excluding hydrogens is 459 g/mol. The molecule has 1 aliphatic heterocycles. The molecule has 0 spiro atoms. The number of nitrogens with one attached hydrogen (secondary N) is 1. The number of likely N-dealkylation sites (N-methyl/N-ethyl adjacent to an activating group) is 1. The number of alkyl halides is 3. The fraction of sp³-hybridized carbons (Fsp3) is 0.500. The zero-order valence-corrected chi connectivity index (χ0v) is 20.1. The number of aromatic nitrogens is 4. The summed E-state index contributed by atoms with van der Waals surface area (Å²) in [6.45, 7) is 3.67. The number of carbonyl (C=O) groups is 1. The Bertz CT molecular complexity index is 1150. The van der Waals surface area contributed by atoms with Gasteiger partial charge in [-0.2, -0.15) is 17.7 Å². The first-order chi connectivity index (χ1) is 16.7. The maximum atomic E-state index is 13.2. The zero-order chi connectivity index (χ0) is 25.2. The maximum absolute atomic E-state index is 13.2. The molecule has 0 bridgehead atoms. The summed E-state index contributed by atoms with van der Waals surface area (Å²) in [6, 6.07) is 11.6. The van der Waals surface area contributed by atoms with Gasteiger partial charge in [0, 0.05) is 25.6 Å². The van der Waals surface area contributed by atoms with Crippen molar-refractivity contribution in [2.75, 3.05) is 38.6 Å². The number of halogens is 3. The lowest BCUT2D eigenvalue weighted by Gasteiger charge is -2.32. The lowest BCUT2D eigenvalue weighted by molar-refractivity contribution is -0.146. The molecule has 188 valence electrons. The van der Waals surface area contributed by atoms with Crippen LogP contribution in [-0.4, -0.2) is 64.3 Å². The third kappa shape index (κ3) is 5.55. The quantitative estimate of drug-likeness (QED) is 0.549. The number of nitrogens with zero attached hydrogens (tertiary/aromatic N) is 6. The second-order valence-electron chi connectivity index (χ2n) is 9.06. The van der Waals surface area contributed by atoms with E-state index < -0.39 is 12.0 Å². The first-order valence-electron chi connectivity index (χ1n) is 11.7. The highest BCUT2D eigenvalue weighted by molar-refractivity contribution is 5.79. The Morgan fingerprint density at radius 3 is 2.40 bits per heavy atom. The number of piperidine rings is 1. The molecule has 1 atom stereocenters. The Balaban J connectivity index is 1.35. The highest BCUT2D eigenvalue weighted by atomic mass is 19.4. The Hall–Kier alpha value is -3.21. The molecule has 0 radical (unpaired) electrons. The van der Waals surface area contributed by atoms with Crippen LogP contribution in [0.25, 0.3) is 5.65 Å². The summed E-state index contributed by atoms with van der Waals surface area (Å²) in [4.78, 5) is 16.9. The predicted molar refractivity (Wildman–Crippen MR) is 126 cm³/mol. The van der Waals surface area contributed by atoms with Crippen molar-refractivity contribution in [2.45, 2.75) is 38.4 Å². The van der Waals surface area contributed by atoms with Crippen LogP contribution < -0.4 is 10.2 Å². The van der Waals surface area contributed by atoms with E-state index in [1.807, 2.05) is 19.0 Å². The maximum Gasteiger partial charge on any atom is 0.453 e. The Morgan fingerprint density at radius 2 is 1.80 bits per heavy atom. The summed E-state index contributed by atoms with van der Waals surface area (Å²) >= 11 is 0. The Morgan fingerprint density at radius 1 is 1.11 bits per heavy atom. The van der Waals surface area contributed by atoms with Crippen molar-refractivity contribution in [2.24, 2.45) is 5.92 Å². The minimum absolute atomic E-state index is 0.00302. The second kappa shape index (κ2) is 10.2. The van der Waals surface area contributed by atoms with Crippen molar-refractivity contribution in [1.82, 2.24) is 30.0 Å². The molecular formula is C24H30F3N7O. The van der Waals surface area contributed by atoms with Crippen LogP contribution in [0.5, 0.6) is 0 Å². The summed E-state index contributed by atoms with van der Waals surface area (Å²) in [5.74, 6) is -0.891. The molecule has 3 heterocycles. The summed E-state index contributed by atoms with van der Waals surface area (Å²) < 4.78 is 40.2. The molecule has 4 rings (SSSR count).